The fraction of sp³-hybridized carbons (Fsp3) is 0.154. The second kappa shape index (κ2) is 6.04. The third-order valence-corrected chi connectivity index (χ3v) is 3.51. The fourth-order valence-electron chi connectivity index (χ4n) is 1.47. The Balaban J connectivity index is 2.35. The molecule has 1 heterocycles. The molecule has 19 heavy (non-hydrogen) atoms. The molecule has 98 valence electrons. The Kier molecular flexibility index (Phi) is 4.39. The highest BCUT2D eigenvalue weighted by Crippen LogP contribution is 2.24. The monoisotopic (exact) mass is 293 g/mol. The van der Waals surface area contributed by atoms with E-state index in [0.717, 1.165) is 17.5 Å². The first-order chi connectivity index (χ1) is 9.13. The van der Waals surface area contributed by atoms with Crippen LogP contribution in [0.2, 0.25) is 5.02 Å². The number of nitrogens with zero attached hydrogens (tertiary/aromatic N) is 2. The van der Waals surface area contributed by atoms with Crippen molar-refractivity contribution in [3.8, 4) is 0 Å². The van der Waals surface area contributed by atoms with Crippen LogP contribution in [-0.2, 0) is 0 Å². The third-order valence-electron chi connectivity index (χ3n) is 2.54. The van der Waals surface area contributed by atoms with Crippen LogP contribution in [0.15, 0.2) is 29.6 Å². The quantitative estimate of drug-likeness (QED) is 0.529. The number of nitrogens with one attached hydrogen (secondary N) is 1. The minimum Gasteiger partial charge on any atom is -0.339 e. The largest absolute Gasteiger partial charge is 0.339 e. The average Bonchev–Trinajstić information content (AvgIpc) is 2.43. The molecule has 0 fully saturated rings. The van der Waals surface area contributed by atoms with Crippen LogP contribution in [0.3, 0.4) is 0 Å². The Morgan fingerprint density at radius 3 is 2.84 bits per heavy atom. The molecule has 0 aliphatic carbocycles. The van der Waals surface area contributed by atoms with Gasteiger partial charge in [0.2, 0.25) is 0 Å². The number of benzene rings is 1. The van der Waals surface area contributed by atoms with Gasteiger partial charge >= 0.3 is 0 Å². The lowest BCUT2D eigenvalue weighted by Crippen LogP contribution is -2.01. The molecule has 0 spiro atoms. The first-order valence-corrected chi connectivity index (χ1v) is 7.13. The summed E-state index contributed by atoms with van der Waals surface area (Å²) in [4.78, 5) is 19.3. The third kappa shape index (κ3) is 3.24. The summed E-state index contributed by atoms with van der Waals surface area (Å²) in [5.41, 5.74) is 2.19. The van der Waals surface area contributed by atoms with Crippen LogP contribution >= 0.6 is 23.4 Å². The summed E-state index contributed by atoms with van der Waals surface area (Å²) in [6.07, 6.45) is 4.11. The number of rotatable bonds is 4. The number of halogens is 1. The molecule has 0 bridgehead atoms. The summed E-state index contributed by atoms with van der Waals surface area (Å²) < 4.78 is 0. The van der Waals surface area contributed by atoms with Crippen LogP contribution in [-0.4, -0.2) is 22.5 Å². The molecule has 0 atom stereocenters. The van der Waals surface area contributed by atoms with E-state index in [1.165, 1.54) is 18.0 Å². The molecule has 4 nitrogen and oxygen atoms in total. The summed E-state index contributed by atoms with van der Waals surface area (Å²) in [5.74, 6) is 0.481. The van der Waals surface area contributed by atoms with Gasteiger partial charge in [-0.25, -0.2) is 9.97 Å². The lowest BCUT2D eigenvalue weighted by molar-refractivity contribution is 0.112. The summed E-state index contributed by atoms with van der Waals surface area (Å²) in [6.45, 7) is 1.93. The first kappa shape index (κ1) is 13.8. The summed E-state index contributed by atoms with van der Waals surface area (Å²) in [7, 11) is 0. The minimum absolute atomic E-state index is 0.412. The maximum absolute atomic E-state index is 11.0. The second-order valence-corrected chi connectivity index (χ2v) is 5.05. The lowest BCUT2D eigenvalue weighted by Gasteiger charge is -2.09. The fourth-order valence-corrected chi connectivity index (χ4v) is 1.99. The Morgan fingerprint density at radius 1 is 1.42 bits per heavy atom. The van der Waals surface area contributed by atoms with Gasteiger partial charge in [-0.3, -0.25) is 4.79 Å². The van der Waals surface area contributed by atoms with Crippen molar-refractivity contribution in [1.82, 2.24) is 9.97 Å². The molecule has 0 radical (unpaired) electrons. The molecule has 2 aromatic rings. The SMILES string of the molecule is CSc1ncc(C=O)c(Nc2ccc(C)c(Cl)c2)n1. The van der Waals surface area contributed by atoms with Crippen molar-refractivity contribution in [2.45, 2.75) is 12.1 Å². The van der Waals surface area contributed by atoms with Gasteiger partial charge in [0, 0.05) is 16.9 Å². The predicted molar refractivity (Wildman–Crippen MR) is 78.7 cm³/mol. The Bertz CT molecular complexity index is 619. The molecule has 6 heteroatoms. The average molecular weight is 294 g/mol. The van der Waals surface area contributed by atoms with E-state index >= 15 is 0 Å². The molecule has 0 aliphatic rings. The zero-order valence-corrected chi connectivity index (χ0v) is 12.0. The van der Waals surface area contributed by atoms with E-state index in [0.29, 0.717) is 21.6 Å². The normalized spacial score (nSPS) is 10.3. The second-order valence-electron chi connectivity index (χ2n) is 3.87. The molecule has 1 N–H and O–H groups in total. The minimum atomic E-state index is 0.412. The summed E-state index contributed by atoms with van der Waals surface area (Å²) in [5, 5.41) is 4.35. The van der Waals surface area contributed by atoms with Crippen LogP contribution in [0.4, 0.5) is 11.5 Å². The predicted octanol–water partition coefficient (Wildman–Crippen LogP) is 3.72. The van der Waals surface area contributed by atoms with Crippen molar-refractivity contribution in [3.05, 3.63) is 40.5 Å². The van der Waals surface area contributed by atoms with Crippen molar-refractivity contribution in [2.75, 3.05) is 11.6 Å². The number of hydrogen-bond acceptors (Lipinski definition) is 5. The molecular weight excluding hydrogens is 282 g/mol. The topological polar surface area (TPSA) is 54.9 Å². The van der Waals surface area contributed by atoms with Gasteiger partial charge in [-0.15, -0.1) is 0 Å². The number of carbonyl (C=O) groups excluding carboxylic acids is 1. The molecule has 0 aliphatic heterocycles. The molecule has 0 amide bonds. The van der Waals surface area contributed by atoms with E-state index in [1.807, 2.05) is 25.3 Å². The highest BCUT2D eigenvalue weighted by molar-refractivity contribution is 7.98. The molecule has 2 rings (SSSR count). The number of aldehydes is 1. The Morgan fingerprint density at radius 2 is 2.21 bits per heavy atom. The summed E-state index contributed by atoms with van der Waals surface area (Å²) >= 11 is 7.48. The molecule has 0 unspecified atom stereocenters. The van der Waals surface area contributed by atoms with Gasteiger partial charge in [0.15, 0.2) is 11.4 Å². The number of anilines is 2. The van der Waals surface area contributed by atoms with Crippen LogP contribution in [0, 0.1) is 6.92 Å². The number of hydrogen-bond donors (Lipinski definition) is 1. The van der Waals surface area contributed by atoms with Crippen LogP contribution in [0.25, 0.3) is 0 Å². The highest BCUT2D eigenvalue weighted by atomic mass is 35.5. The van der Waals surface area contributed by atoms with Crippen molar-refractivity contribution < 1.29 is 4.79 Å². The number of thioether (sulfide) groups is 1. The zero-order chi connectivity index (χ0) is 13.8. The number of carbonyl (C=O) groups is 1. The molecule has 0 saturated heterocycles. The van der Waals surface area contributed by atoms with Gasteiger partial charge in [-0.05, 0) is 30.9 Å². The Hall–Kier alpha value is -1.59. The van der Waals surface area contributed by atoms with Crippen molar-refractivity contribution in [1.29, 1.82) is 0 Å². The van der Waals surface area contributed by atoms with Crippen molar-refractivity contribution in [3.63, 3.8) is 0 Å². The standard InChI is InChI=1S/C13H12ClN3OS/c1-8-3-4-10(5-11(8)14)16-12-9(7-18)6-15-13(17-12)19-2/h3-7H,1-2H3,(H,15,16,17). The maximum atomic E-state index is 11.0. The lowest BCUT2D eigenvalue weighted by atomic mass is 10.2. The van der Waals surface area contributed by atoms with Gasteiger partial charge < -0.3 is 5.32 Å². The number of aromatic nitrogens is 2. The molecular formula is C13H12ClN3OS. The van der Waals surface area contributed by atoms with Crippen molar-refractivity contribution in [2.24, 2.45) is 0 Å². The van der Waals surface area contributed by atoms with E-state index < -0.39 is 0 Å². The van der Waals surface area contributed by atoms with E-state index in [9.17, 15) is 4.79 Å². The molecule has 1 aromatic carbocycles. The van der Waals surface area contributed by atoms with Crippen LogP contribution in [0.5, 0.6) is 0 Å². The number of aryl methyl sites for hydroxylation is 1. The summed E-state index contributed by atoms with van der Waals surface area (Å²) in [6, 6.07) is 5.59. The van der Waals surface area contributed by atoms with E-state index in [2.05, 4.69) is 15.3 Å². The smallest absolute Gasteiger partial charge is 0.189 e. The van der Waals surface area contributed by atoms with Gasteiger partial charge in [-0.2, -0.15) is 0 Å². The van der Waals surface area contributed by atoms with Gasteiger partial charge in [0.05, 0.1) is 5.56 Å². The van der Waals surface area contributed by atoms with E-state index in [1.54, 1.807) is 6.07 Å². The van der Waals surface area contributed by atoms with Gasteiger partial charge in [0.1, 0.15) is 5.82 Å². The maximum Gasteiger partial charge on any atom is 0.189 e. The van der Waals surface area contributed by atoms with Crippen LogP contribution in [0.1, 0.15) is 15.9 Å². The van der Waals surface area contributed by atoms with E-state index in [-0.39, 0.29) is 0 Å². The zero-order valence-electron chi connectivity index (χ0n) is 10.5. The van der Waals surface area contributed by atoms with Gasteiger partial charge in [0.25, 0.3) is 0 Å². The highest BCUT2D eigenvalue weighted by Gasteiger charge is 2.07. The van der Waals surface area contributed by atoms with Crippen LogP contribution < -0.4 is 5.32 Å². The molecule has 0 saturated carbocycles. The van der Waals surface area contributed by atoms with Crippen molar-refractivity contribution >= 4 is 41.2 Å². The molecule has 1 aromatic heterocycles. The van der Waals surface area contributed by atoms with Gasteiger partial charge in [-0.1, -0.05) is 29.4 Å². The first-order valence-electron chi connectivity index (χ1n) is 5.53. The Labute approximate surface area is 120 Å². The van der Waals surface area contributed by atoms with E-state index in [4.69, 9.17) is 11.6 Å².